The second-order valence-corrected chi connectivity index (χ2v) is 7.86. The van der Waals surface area contributed by atoms with Crippen molar-refractivity contribution in [3.05, 3.63) is 94.8 Å². The fraction of sp³-hybridized carbons (Fsp3) is 0.200. The Balaban J connectivity index is 1.54. The van der Waals surface area contributed by atoms with Crippen molar-refractivity contribution < 1.29 is 9.53 Å². The van der Waals surface area contributed by atoms with E-state index in [0.717, 1.165) is 22.4 Å². The Bertz CT molecular complexity index is 1200. The Kier molecular flexibility index (Phi) is 6.23. The van der Waals surface area contributed by atoms with Gasteiger partial charge in [-0.05, 0) is 50.2 Å². The lowest BCUT2D eigenvalue weighted by Gasteiger charge is -2.17. The average Bonchev–Trinajstić information content (AvgIpc) is 3.14. The second-order valence-electron chi connectivity index (χ2n) is 7.45. The first-order chi connectivity index (χ1) is 15.0. The molecule has 6 heteroatoms. The van der Waals surface area contributed by atoms with Gasteiger partial charge in [0, 0.05) is 5.56 Å². The van der Waals surface area contributed by atoms with Crippen molar-refractivity contribution in [3.8, 4) is 5.75 Å². The molecule has 31 heavy (non-hydrogen) atoms. The molecule has 5 nitrogen and oxygen atoms in total. The summed E-state index contributed by atoms with van der Waals surface area (Å²) in [7, 11) is 0. The predicted octanol–water partition coefficient (Wildman–Crippen LogP) is 5.57. The van der Waals surface area contributed by atoms with Crippen LogP contribution in [0.5, 0.6) is 5.75 Å². The lowest BCUT2D eigenvalue weighted by Crippen LogP contribution is -2.29. The number of amides is 1. The maximum absolute atomic E-state index is 12.7. The van der Waals surface area contributed by atoms with Crippen LogP contribution in [0.2, 0.25) is 5.02 Å². The van der Waals surface area contributed by atoms with E-state index in [2.05, 4.69) is 9.88 Å². The Morgan fingerprint density at radius 3 is 2.55 bits per heavy atom. The average molecular weight is 434 g/mol. The number of ether oxygens (including phenoxy) is 1. The zero-order valence-corrected chi connectivity index (χ0v) is 18.3. The maximum atomic E-state index is 12.7. The van der Waals surface area contributed by atoms with Crippen molar-refractivity contribution in [2.75, 3.05) is 6.61 Å². The number of fused-ring (bicyclic) bond motifs is 1. The lowest BCUT2D eigenvalue weighted by atomic mass is 10.1. The van der Waals surface area contributed by atoms with Gasteiger partial charge in [-0.25, -0.2) is 4.98 Å². The Labute approximate surface area is 186 Å². The summed E-state index contributed by atoms with van der Waals surface area (Å²) in [4.78, 5) is 17.5. The zero-order chi connectivity index (χ0) is 21.8. The van der Waals surface area contributed by atoms with E-state index >= 15 is 0 Å². The molecule has 0 saturated heterocycles. The van der Waals surface area contributed by atoms with Crippen LogP contribution in [0.1, 0.15) is 34.7 Å². The molecule has 0 fully saturated rings. The Hall–Kier alpha value is -3.31. The zero-order valence-electron chi connectivity index (χ0n) is 17.5. The molecule has 1 N–H and O–H groups in total. The summed E-state index contributed by atoms with van der Waals surface area (Å²) in [5.41, 5.74) is 3.62. The number of nitrogens with one attached hydrogen (secondary N) is 1. The van der Waals surface area contributed by atoms with Gasteiger partial charge in [0.1, 0.15) is 18.2 Å². The van der Waals surface area contributed by atoms with Gasteiger partial charge in [-0.2, -0.15) is 0 Å². The first-order valence-corrected chi connectivity index (χ1v) is 10.6. The molecule has 4 aromatic rings. The third kappa shape index (κ3) is 4.72. The summed E-state index contributed by atoms with van der Waals surface area (Å²) in [6, 6.07) is 22.6. The molecule has 0 spiro atoms. The summed E-state index contributed by atoms with van der Waals surface area (Å²) >= 11 is 6.20. The van der Waals surface area contributed by atoms with Crippen LogP contribution < -0.4 is 10.1 Å². The first kappa shape index (κ1) is 20.9. The third-order valence-corrected chi connectivity index (χ3v) is 5.45. The minimum atomic E-state index is -0.276. The number of hydrogen-bond donors (Lipinski definition) is 1. The van der Waals surface area contributed by atoms with Gasteiger partial charge < -0.3 is 14.6 Å². The molecular weight excluding hydrogens is 410 g/mol. The van der Waals surface area contributed by atoms with E-state index in [9.17, 15) is 4.79 Å². The van der Waals surface area contributed by atoms with Crippen LogP contribution in [0.25, 0.3) is 11.0 Å². The van der Waals surface area contributed by atoms with Gasteiger partial charge in [-0.15, -0.1) is 0 Å². The van der Waals surface area contributed by atoms with Crippen LogP contribution in [0.15, 0.2) is 72.8 Å². The van der Waals surface area contributed by atoms with Crippen LogP contribution >= 0.6 is 11.6 Å². The van der Waals surface area contributed by atoms with Gasteiger partial charge >= 0.3 is 0 Å². The highest BCUT2D eigenvalue weighted by atomic mass is 35.5. The van der Waals surface area contributed by atoms with E-state index in [1.807, 2.05) is 80.6 Å². The summed E-state index contributed by atoms with van der Waals surface area (Å²) < 4.78 is 7.98. The van der Waals surface area contributed by atoms with E-state index < -0.39 is 0 Å². The highest BCUT2D eigenvalue weighted by Gasteiger charge is 2.19. The number of nitrogens with zero attached hydrogens (tertiary/aromatic N) is 2. The van der Waals surface area contributed by atoms with Gasteiger partial charge in [0.2, 0.25) is 0 Å². The number of para-hydroxylation sites is 3. The highest BCUT2D eigenvalue weighted by Crippen LogP contribution is 2.24. The van der Waals surface area contributed by atoms with Crippen LogP contribution in [0.3, 0.4) is 0 Å². The van der Waals surface area contributed by atoms with Crippen molar-refractivity contribution in [2.24, 2.45) is 0 Å². The summed E-state index contributed by atoms with van der Waals surface area (Å²) in [6.45, 7) is 4.94. The number of halogens is 1. The predicted molar refractivity (Wildman–Crippen MR) is 124 cm³/mol. The molecule has 0 aliphatic carbocycles. The van der Waals surface area contributed by atoms with Crippen LogP contribution in [-0.2, 0) is 6.54 Å². The highest BCUT2D eigenvalue weighted by molar-refractivity contribution is 6.32. The van der Waals surface area contributed by atoms with Gasteiger partial charge in [0.05, 0.1) is 28.6 Å². The van der Waals surface area contributed by atoms with E-state index in [-0.39, 0.29) is 11.9 Å². The molecule has 0 radical (unpaired) electrons. The molecule has 1 amide bonds. The van der Waals surface area contributed by atoms with E-state index in [1.54, 1.807) is 6.07 Å². The fourth-order valence-corrected chi connectivity index (χ4v) is 3.71. The number of carbonyl (C=O) groups excluding carboxylic acids is 1. The topological polar surface area (TPSA) is 56.2 Å². The first-order valence-electron chi connectivity index (χ1n) is 10.2. The van der Waals surface area contributed by atoms with Crippen LogP contribution in [-0.4, -0.2) is 22.1 Å². The largest absolute Gasteiger partial charge is 0.490 e. The Morgan fingerprint density at radius 2 is 1.77 bits per heavy atom. The summed E-state index contributed by atoms with van der Waals surface area (Å²) in [5.74, 6) is 1.30. The SMILES string of the molecule is Cc1ccc(C(=O)NC(C)c2nc3ccccc3n2CCOc2ccccc2Cl)cc1. The van der Waals surface area contributed by atoms with Crippen molar-refractivity contribution in [3.63, 3.8) is 0 Å². The van der Waals surface area contributed by atoms with Crippen LogP contribution in [0.4, 0.5) is 0 Å². The van der Waals surface area contributed by atoms with Gasteiger partial charge in [0.15, 0.2) is 0 Å². The van der Waals surface area contributed by atoms with Crippen molar-refractivity contribution in [1.82, 2.24) is 14.9 Å². The molecule has 158 valence electrons. The minimum Gasteiger partial charge on any atom is -0.490 e. The quantitative estimate of drug-likeness (QED) is 0.414. The number of hydrogen-bond acceptors (Lipinski definition) is 3. The van der Waals surface area contributed by atoms with Crippen molar-refractivity contribution >= 4 is 28.5 Å². The molecule has 3 aromatic carbocycles. The number of imidazole rings is 1. The number of benzene rings is 3. The fourth-order valence-electron chi connectivity index (χ4n) is 3.52. The third-order valence-electron chi connectivity index (χ3n) is 5.14. The molecule has 1 heterocycles. The molecule has 1 unspecified atom stereocenters. The maximum Gasteiger partial charge on any atom is 0.251 e. The smallest absolute Gasteiger partial charge is 0.251 e. The summed E-state index contributed by atoms with van der Waals surface area (Å²) in [5, 5.41) is 3.65. The Morgan fingerprint density at radius 1 is 1.06 bits per heavy atom. The molecule has 1 atom stereocenters. The molecule has 1 aromatic heterocycles. The van der Waals surface area contributed by atoms with E-state index in [4.69, 9.17) is 21.3 Å². The van der Waals surface area contributed by atoms with Gasteiger partial charge in [-0.3, -0.25) is 4.79 Å². The van der Waals surface area contributed by atoms with Gasteiger partial charge in [-0.1, -0.05) is 53.6 Å². The second kappa shape index (κ2) is 9.23. The van der Waals surface area contributed by atoms with Crippen LogP contribution in [0, 0.1) is 6.92 Å². The molecular formula is C25H24ClN3O2. The van der Waals surface area contributed by atoms with Gasteiger partial charge in [0.25, 0.3) is 5.91 Å². The lowest BCUT2D eigenvalue weighted by molar-refractivity contribution is 0.0937. The van der Waals surface area contributed by atoms with Crippen molar-refractivity contribution in [1.29, 1.82) is 0 Å². The molecule has 0 aliphatic heterocycles. The molecule has 0 bridgehead atoms. The summed E-state index contributed by atoms with van der Waals surface area (Å²) in [6.07, 6.45) is 0. The monoisotopic (exact) mass is 433 g/mol. The van der Waals surface area contributed by atoms with E-state index in [1.165, 1.54) is 0 Å². The number of aryl methyl sites for hydroxylation is 1. The standard InChI is InChI=1S/C25H24ClN3O2/c1-17-11-13-19(14-12-17)25(30)27-18(2)24-28-21-8-4-5-9-22(21)29(24)15-16-31-23-10-6-3-7-20(23)26/h3-14,18H,15-16H2,1-2H3,(H,27,30). The molecule has 0 aliphatic rings. The minimum absolute atomic E-state index is 0.126. The molecule has 4 rings (SSSR count). The number of aromatic nitrogens is 2. The number of carbonyl (C=O) groups is 1. The normalized spacial score (nSPS) is 12.0. The number of rotatable bonds is 7. The molecule has 0 saturated carbocycles. The van der Waals surface area contributed by atoms with E-state index in [0.29, 0.717) is 29.5 Å². The van der Waals surface area contributed by atoms with Crippen molar-refractivity contribution in [2.45, 2.75) is 26.4 Å².